The lowest BCUT2D eigenvalue weighted by Gasteiger charge is -2.12. The zero-order valence-corrected chi connectivity index (χ0v) is 12.1. The molecule has 3 rings (SSSR count). The molecular formula is C15H15N3OS. The molecule has 0 aliphatic carbocycles. The lowest BCUT2D eigenvalue weighted by molar-refractivity contribution is 0.243. The Morgan fingerprint density at radius 1 is 1.25 bits per heavy atom. The van der Waals surface area contributed by atoms with Crippen molar-refractivity contribution in [3.63, 3.8) is 0 Å². The van der Waals surface area contributed by atoms with Crippen molar-refractivity contribution in [2.45, 2.75) is 20.0 Å². The number of hydrogen-bond acceptors (Lipinski definition) is 3. The first-order valence-electron chi connectivity index (χ1n) is 6.47. The second-order valence-electron chi connectivity index (χ2n) is 4.86. The van der Waals surface area contributed by atoms with Crippen LogP contribution in [0.1, 0.15) is 13.8 Å². The fourth-order valence-corrected chi connectivity index (χ4v) is 2.42. The van der Waals surface area contributed by atoms with Gasteiger partial charge in [-0.25, -0.2) is 0 Å². The second-order valence-corrected chi connectivity index (χ2v) is 5.24. The maximum absolute atomic E-state index is 5.73. The van der Waals surface area contributed by atoms with Crippen LogP contribution in [0.4, 0.5) is 0 Å². The number of nitrogens with one attached hydrogen (secondary N) is 1. The molecule has 0 saturated heterocycles. The Balaban J connectivity index is 2.16. The number of aromatic amines is 1. The van der Waals surface area contributed by atoms with Gasteiger partial charge < -0.3 is 4.74 Å². The third-order valence-corrected chi connectivity index (χ3v) is 3.30. The molecule has 0 fully saturated rings. The molecule has 0 aliphatic rings. The molecule has 0 atom stereocenters. The van der Waals surface area contributed by atoms with Crippen LogP contribution in [0.15, 0.2) is 42.7 Å². The van der Waals surface area contributed by atoms with Gasteiger partial charge in [0.05, 0.1) is 11.8 Å². The van der Waals surface area contributed by atoms with E-state index in [1.165, 1.54) is 0 Å². The Morgan fingerprint density at radius 2 is 2.10 bits per heavy atom. The van der Waals surface area contributed by atoms with E-state index in [4.69, 9.17) is 17.0 Å². The van der Waals surface area contributed by atoms with Crippen molar-refractivity contribution in [1.82, 2.24) is 14.8 Å². The van der Waals surface area contributed by atoms with Crippen molar-refractivity contribution in [2.75, 3.05) is 0 Å². The van der Waals surface area contributed by atoms with Gasteiger partial charge in [0.2, 0.25) is 0 Å². The van der Waals surface area contributed by atoms with Crippen molar-refractivity contribution in [2.24, 2.45) is 0 Å². The SMILES string of the molecule is CC(C)Oc1ccc2c(-n3cn[nH]c3=S)cccc2c1. The van der Waals surface area contributed by atoms with Crippen LogP contribution in [0.5, 0.6) is 5.75 Å². The van der Waals surface area contributed by atoms with E-state index in [0.717, 1.165) is 22.2 Å². The number of aromatic nitrogens is 3. The van der Waals surface area contributed by atoms with E-state index in [1.54, 1.807) is 6.33 Å². The van der Waals surface area contributed by atoms with Gasteiger partial charge in [0.1, 0.15) is 12.1 Å². The average Bonchev–Trinajstić information content (AvgIpc) is 2.83. The van der Waals surface area contributed by atoms with Crippen LogP contribution in [-0.4, -0.2) is 20.9 Å². The summed E-state index contributed by atoms with van der Waals surface area (Å²) in [6.45, 7) is 4.04. The molecule has 20 heavy (non-hydrogen) atoms. The molecule has 0 radical (unpaired) electrons. The van der Waals surface area contributed by atoms with Crippen molar-refractivity contribution in [3.8, 4) is 11.4 Å². The number of benzene rings is 2. The quantitative estimate of drug-likeness (QED) is 0.743. The fourth-order valence-electron chi connectivity index (χ4n) is 2.22. The van der Waals surface area contributed by atoms with E-state index < -0.39 is 0 Å². The monoisotopic (exact) mass is 285 g/mol. The van der Waals surface area contributed by atoms with Crippen LogP contribution >= 0.6 is 12.2 Å². The van der Waals surface area contributed by atoms with Gasteiger partial charge in [-0.2, -0.15) is 5.10 Å². The lowest BCUT2D eigenvalue weighted by Crippen LogP contribution is -2.05. The molecule has 5 heteroatoms. The van der Waals surface area contributed by atoms with Crippen LogP contribution in [0.2, 0.25) is 0 Å². The van der Waals surface area contributed by atoms with E-state index in [1.807, 2.05) is 42.7 Å². The zero-order valence-electron chi connectivity index (χ0n) is 11.3. The molecule has 2 aromatic carbocycles. The average molecular weight is 285 g/mol. The molecule has 102 valence electrons. The number of hydrogen-bond donors (Lipinski definition) is 1. The van der Waals surface area contributed by atoms with E-state index in [9.17, 15) is 0 Å². The molecule has 4 nitrogen and oxygen atoms in total. The van der Waals surface area contributed by atoms with E-state index >= 15 is 0 Å². The minimum Gasteiger partial charge on any atom is -0.491 e. The van der Waals surface area contributed by atoms with Gasteiger partial charge in [0, 0.05) is 5.39 Å². The van der Waals surface area contributed by atoms with Gasteiger partial charge in [-0.1, -0.05) is 12.1 Å². The third kappa shape index (κ3) is 2.32. The Morgan fingerprint density at radius 3 is 2.80 bits per heavy atom. The van der Waals surface area contributed by atoms with E-state index in [0.29, 0.717) is 4.77 Å². The highest BCUT2D eigenvalue weighted by Crippen LogP contribution is 2.26. The van der Waals surface area contributed by atoms with Crippen molar-refractivity contribution in [1.29, 1.82) is 0 Å². The highest BCUT2D eigenvalue weighted by Gasteiger charge is 2.06. The number of rotatable bonds is 3. The summed E-state index contributed by atoms with van der Waals surface area (Å²) in [6, 6.07) is 12.2. The Bertz CT molecular complexity index is 804. The standard InChI is InChI=1S/C15H15N3OS/c1-10(2)19-12-6-7-13-11(8-12)4-3-5-14(13)18-9-16-17-15(18)20/h3-10H,1-2H3,(H,17,20). The largest absolute Gasteiger partial charge is 0.491 e. The maximum Gasteiger partial charge on any atom is 0.199 e. The first kappa shape index (κ1) is 12.9. The van der Waals surface area contributed by atoms with Crippen LogP contribution in [-0.2, 0) is 0 Å². The van der Waals surface area contributed by atoms with Crippen LogP contribution in [0, 0.1) is 4.77 Å². The summed E-state index contributed by atoms with van der Waals surface area (Å²) >= 11 is 5.23. The highest BCUT2D eigenvalue weighted by atomic mass is 32.1. The van der Waals surface area contributed by atoms with Gasteiger partial charge in [-0.05, 0) is 55.7 Å². The van der Waals surface area contributed by atoms with Crippen LogP contribution in [0.25, 0.3) is 16.5 Å². The molecule has 0 unspecified atom stereocenters. The number of H-pyrrole nitrogens is 1. The van der Waals surface area contributed by atoms with Gasteiger partial charge in [-0.15, -0.1) is 0 Å². The Labute approximate surface area is 122 Å². The van der Waals surface area contributed by atoms with Gasteiger partial charge >= 0.3 is 0 Å². The summed E-state index contributed by atoms with van der Waals surface area (Å²) in [4.78, 5) is 0. The van der Waals surface area contributed by atoms with Gasteiger partial charge in [-0.3, -0.25) is 9.67 Å². The molecule has 1 aromatic heterocycles. The minimum atomic E-state index is 0.165. The molecule has 0 aliphatic heterocycles. The summed E-state index contributed by atoms with van der Waals surface area (Å²) in [5, 5.41) is 8.97. The molecular weight excluding hydrogens is 270 g/mol. The first-order chi connectivity index (χ1) is 9.65. The molecule has 0 amide bonds. The summed E-state index contributed by atoms with van der Waals surface area (Å²) in [6.07, 6.45) is 1.86. The predicted octanol–water partition coefficient (Wildman–Crippen LogP) is 3.87. The van der Waals surface area contributed by atoms with Gasteiger partial charge in [0.25, 0.3) is 0 Å². The first-order valence-corrected chi connectivity index (χ1v) is 6.88. The van der Waals surface area contributed by atoms with Crippen LogP contribution in [0.3, 0.4) is 0 Å². The van der Waals surface area contributed by atoms with Crippen molar-refractivity contribution < 1.29 is 4.74 Å². The molecule has 1 N–H and O–H groups in total. The summed E-state index contributed by atoms with van der Waals surface area (Å²) in [5.41, 5.74) is 1.01. The summed E-state index contributed by atoms with van der Waals surface area (Å²) < 4.78 is 8.18. The summed E-state index contributed by atoms with van der Waals surface area (Å²) in [5.74, 6) is 0.875. The Hall–Kier alpha value is -2.14. The zero-order chi connectivity index (χ0) is 14.1. The van der Waals surface area contributed by atoms with Gasteiger partial charge in [0.15, 0.2) is 4.77 Å². The van der Waals surface area contributed by atoms with Crippen molar-refractivity contribution >= 4 is 23.0 Å². The van der Waals surface area contributed by atoms with Crippen LogP contribution < -0.4 is 4.74 Å². The smallest absolute Gasteiger partial charge is 0.199 e. The number of fused-ring (bicyclic) bond motifs is 1. The molecule has 0 spiro atoms. The highest BCUT2D eigenvalue weighted by molar-refractivity contribution is 7.71. The number of nitrogens with zero attached hydrogens (tertiary/aromatic N) is 2. The fraction of sp³-hybridized carbons (Fsp3) is 0.200. The second kappa shape index (κ2) is 5.09. The Kier molecular flexibility index (Phi) is 3.28. The topological polar surface area (TPSA) is 42.8 Å². The van der Waals surface area contributed by atoms with Crippen molar-refractivity contribution in [3.05, 3.63) is 47.5 Å². The third-order valence-electron chi connectivity index (χ3n) is 3.01. The predicted molar refractivity (Wildman–Crippen MR) is 82.0 cm³/mol. The maximum atomic E-state index is 5.73. The lowest BCUT2D eigenvalue weighted by atomic mass is 10.1. The van der Waals surface area contributed by atoms with E-state index in [-0.39, 0.29) is 6.10 Å². The van der Waals surface area contributed by atoms with E-state index in [2.05, 4.69) is 22.3 Å². The minimum absolute atomic E-state index is 0.165. The normalized spacial score (nSPS) is 11.2. The molecule has 0 bridgehead atoms. The molecule has 0 saturated carbocycles. The molecule has 3 aromatic rings. The number of ether oxygens (including phenoxy) is 1. The summed E-state index contributed by atoms with van der Waals surface area (Å²) in [7, 11) is 0. The molecule has 1 heterocycles.